The summed E-state index contributed by atoms with van der Waals surface area (Å²) in [5.74, 6) is -0.203. The number of fused-ring (bicyclic) bond motifs is 1. The number of alkyl halides is 1. The van der Waals surface area contributed by atoms with Gasteiger partial charge >= 0.3 is 0 Å². The van der Waals surface area contributed by atoms with Gasteiger partial charge < -0.3 is 25.8 Å². The first-order chi connectivity index (χ1) is 19.4. The van der Waals surface area contributed by atoms with Gasteiger partial charge in [-0.05, 0) is 73.9 Å². The van der Waals surface area contributed by atoms with Crippen LogP contribution in [-0.4, -0.2) is 62.1 Å². The molecule has 0 saturated carbocycles. The predicted octanol–water partition coefficient (Wildman–Crippen LogP) is 5.35. The summed E-state index contributed by atoms with van der Waals surface area (Å²) in [5, 5.41) is 10.4. The van der Waals surface area contributed by atoms with Gasteiger partial charge in [-0.25, -0.2) is 4.39 Å². The number of hydrogen-bond donors (Lipinski definition) is 5. The Morgan fingerprint density at radius 2 is 1.80 bits per heavy atom. The Kier molecular flexibility index (Phi) is 10.3. The van der Waals surface area contributed by atoms with Crippen molar-refractivity contribution in [3.05, 3.63) is 81.0 Å². The zero-order valence-corrected chi connectivity index (χ0v) is 24.4. The lowest BCUT2D eigenvalue weighted by Gasteiger charge is -2.36. The van der Waals surface area contributed by atoms with Crippen LogP contribution < -0.4 is 26.4 Å². The minimum absolute atomic E-state index is 0.160. The predicted molar refractivity (Wildman–Crippen MR) is 166 cm³/mol. The van der Waals surface area contributed by atoms with Crippen molar-refractivity contribution < 1.29 is 8.78 Å². The van der Waals surface area contributed by atoms with E-state index >= 15 is 0 Å². The Labute approximate surface area is 240 Å². The molecule has 1 aromatic heterocycles. The van der Waals surface area contributed by atoms with Crippen molar-refractivity contribution in [1.82, 2.24) is 9.88 Å². The van der Waals surface area contributed by atoms with Crippen molar-refractivity contribution in [2.45, 2.75) is 32.9 Å². The van der Waals surface area contributed by atoms with E-state index in [9.17, 15) is 13.6 Å². The Bertz CT molecular complexity index is 1340. The molecule has 1 atom stereocenters. The van der Waals surface area contributed by atoms with E-state index in [1.165, 1.54) is 6.07 Å². The molecule has 0 radical (unpaired) electrons. The van der Waals surface area contributed by atoms with E-state index in [2.05, 4.69) is 62.4 Å². The van der Waals surface area contributed by atoms with Crippen molar-refractivity contribution in [3.63, 3.8) is 0 Å². The van der Waals surface area contributed by atoms with Crippen LogP contribution in [0.3, 0.4) is 0 Å². The van der Waals surface area contributed by atoms with Gasteiger partial charge in [-0.3, -0.25) is 14.1 Å². The smallest absolute Gasteiger partial charge is 0.257 e. The second-order valence-electron chi connectivity index (χ2n) is 10.2. The van der Waals surface area contributed by atoms with E-state index in [-0.39, 0.29) is 24.2 Å². The molecule has 10 heteroatoms. The van der Waals surface area contributed by atoms with Gasteiger partial charge in [0.2, 0.25) is 0 Å². The standard InChI is InChI=1S/C29H36F2N6O.CH4S/c1-19-16-21(4-5-23(19)31)6-9-32-24-7-10-33-29(38)26(24)28-34-25-18-22(17-20(2)27(25)35-28)37-14-12-36(13-15-37)11-3-8-30;1-2/h4-5,7,10,16-18,28,34-35H,3,6,8-9,11-15H2,1-2H3,(H2,32,33,38);2H,1H3. The molecule has 40 heavy (non-hydrogen) atoms. The van der Waals surface area contributed by atoms with Crippen LogP contribution in [0.15, 0.2) is 47.4 Å². The number of halogens is 2. The van der Waals surface area contributed by atoms with Gasteiger partial charge in [0.25, 0.3) is 5.56 Å². The molecule has 1 unspecified atom stereocenters. The number of pyridine rings is 1. The van der Waals surface area contributed by atoms with E-state index in [1.54, 1.807) is 25.4 Å². The number of aromatic nitrogens is 1. The minimum Gasteiger partial charge on any atom is -0.384 e. The number of aryl methyl sites for hydroxylation is 2. The molecule has 2 aromatic carbocycles. The third-order valence-corrected chi connectivity index (χ3v) is 7.49. The lowest BCUT2D eigenvalue weighted by Crippen LogP contribution is -2.46. The highest BCUT2D eigenvalue weighted by Gasteiger charge is 2.28. The van der Waals surface area contributed by atoms with Crippen LogP contribution >= 0.6 is 12.6 Å². The highest BCUT2D eigenvalue weighted by molar-refractivity contribution is 7.79. The number of thiol groups is 1. The molecule has 0 amide bonds. The monoisotopic (exact) mass is 570 g/mol. The van der Waals surface area contributed by atoms with Crippen LogP contribution in [0, 0.1) is 19.7 Å². The Morgan fingerprint density at radius 1 is 1.02 bits per heavy atom. The number of piperazine rings is 1. The third-order valence-electron chi connectivity index (χ3n) is 7.49. The van der Waals surface area contributed by atoms with Gasteiger partial charge in [0.1, 0.15) is 12.0 Å². The Hall–Kier alpha value is -3.24. The number of benzene rings is 2. The number of anilines is 4. The first-order valence-corrected chi connectivity index (χ1v) is 14.7. The highest BCUT2D eigenvalue weighted by atomic mass is 32.1. The van der Waals surface area contributed by atoms with Crippen molar-refractivity contribution >= 4 is 35.4 Å². The fourth-order valence-corrected chi connectivity index (χ4v) is 5.38. The van der Waals surface area contributed by atoms with Crippen molar-refractivity contribution in [3.8, 4) is 0 Å². The second kappa shape index (κ2) is 13.9. The summed E-state index contributed by atoms with van der Waals surface area (Å²) in [6.07, 6.45) is 4.27. The van der Waals surface area contributed by atoms with E-state index < -0.39 is 0 Å². The molecule has 4 N–H and O–H groups in total. The molecule has 2 aliphatic heterocycles. The lowest BCUT2D eigenvalue weighted by atomic mass is 10.1. The van der Waals surface area contributed by atoms with Crippen LogP contribution in [0.2, 0.25) is 0 Å². The fraction of sp³-hybridized carbons (Fsp3) is 0.433. The molecule has 1 saturated heterocycles. The summed E-state index contributed by atoms with van der Waals surface area (Å²) in [6.45, 7) is 8.66. The zero-order chi connectivity index (χ0) is 28.6. The fourth-order valence-electron chi connectivity index (χ4n) is 5.38. The van der Waals surface area contributed by atoms with E-state index in [1.807, 2.05) is 12.1 Å². The highest BCUT2D eigenvalue weighted by Crippen LogP contribution is 2.41. The molecule has 0 spiro atoms. The molecule has 3 heterocycles. The maximum absolute atomic E-state index is 13.6. The van der Waals surface area contributed by atoms with Gasteiger partial charge in [-0.15, -0.1) is 0 Å². The second-order valence-corrected chi connectivity index (χ2v) is 10.2. The topological polar surface area (TPSA) is 75.4 Å². The van der Waals surface area contributed by atoms with Crippen molar-refractivity contribution in [1.29, 1.82) is 0 Å². The molecule has 0 aliphatic carbocycles. The zero-order valence-electron chi connectivity index (χ0n) is 23.5. The Balaban J connectivity index is 0.00000181. The first kappa shape index (κ1) is 29.7. The summed E-state index contributed by atoms with van der Waals surface area (Å²) < 4.78 is 26.1. The number of rotatable bonds is 9. The normalized spacial score (nSPS) is 16.4. The molecule has 7 nitrogen and oxygen atoms in total. The maximum Gasteiger partial charge on any atom is 0.257 e. The van der Waals surface area contributed by atoms with Crippen LogP contribution in [0.5, 0.6) is 0 Å². The van der Waals surface area contributed by atoms with Gasteiger partial charge in [0.15, 0.2) is 0 Å². The number of hydrogen-bond acceptors (Lipinski definition) is 7. The Morgan fingerprint density at radius 3 is 2.52 bits per heavy atom. The first-order valence-electron chi connectivity index (χ1n) is 13.8. The van der Waals surface area contributed by atoms with Gasteiger partial charge in [0, 0.05) is 56.8 Å². The number of nitrogens with one attached hydrogen (secondary N) is 4. The van der Waals surface area contributed by atoms with Crippen LogP contribution in [-0.2, 0) is 6.42 Å². The van der Waals surface area contributed by atoms with E-state index in [0.717, 1.165) is 66.6 Å². The molecule has 0 bridgehead atoms. The minimum atomic E-state index is -0.378. The third kappa shape index (κ3) is 6.90. The SMILES string of the molecule is CS.Cc1cc(CCNc2cc[nH]c(=O)c2C2Nc3cc(N4CCN(CCCF)CC4)cc(C)c3N2)ccc1F. The van der Waals surface area contributed by atoms with Crippen molar-refractivity contribution in [2.75, 3.05) is 73.0 Å². The maximum atomic E-state index is 13.6. The molecule has 216 valence electrons. The van der Waals surface area contributed by atoms with E-state index in [4.69, 9.17) is 0 Å². The van der Waals surface area contributed by atoms with Crippen LogP contribution in [0.4, 0.5) is 31.5 Å². The van der Waals surface area contributed by atoms with Gasteiger partial charge in [0.05, 0.1) is 23.6 Å². The number of aromatic amines is 1. The number of H-pyrrole nitrogens is 1. The van der Waals surface area contributed by atoms with E-state index in [0.29, 0.717) is 30.5 Å². The molecule has 1 fully saturated rings. The van der Waals surface area contributed by atoms with Gasteiger partial charge in [-0.1, -0.05) is 12.1 Å². The lowest BCUT2D eigenvalue weighted by molar-refractivity contribution is 0.245. The summed E-state index contributed by atoms with van der Waals surface area (Å²) in [7, 11) is 0. The molecular weight excluding hydrogens is 530 g/mol. The molecule has 2 aliphatic rings. The van der Waals surface area contributed by atoms with Gasteiger partial charge in [-0.2, -0.15) is 12.6 Å². The quantitative estimate of drug-likeness (QED) is 0.224. The summed E-state index contributed by atoms with van der Waals surface area (Å²) in [6, 6.07) is 11.4. The summed E-state index contributed by atoms with van der Waals surface area (Å²) in [5.41, 5.74) is 7.10. The average Bonchev–Trinajstić information content (AvgIpc) is 3.39. The molecule has 3 aromatic rings. The average molecular weight is 571 g/mol. The molecular formula is C30H40F2N6OS. The largest absolute Gasteiger partial charge is 0.384 e. The number of nitrogens with zero attached hydrogens (tertiary/aromatic N) is 2. The van der Waals surface area contributed by atoms with Crippen LogP contribution in [0.25, 0.3) is 0 Å². The summed E-state index contributed by atoms with van der Waals surface area (Å²) in [4.78, 5) is 20.4. The summed E-state index contributed by atoms with van der Waals surface area (Å²) >= 11 is 3.53. The molecule has 5 rings (SSSR count). The van der Waals surface area contributed by atoms with Crippen molar-refractivity contribution in [2.24, 2.45) is 0 Å². The van der Waals surface area contributed by atoms with Crippen LogP contribution in [0.1, 0.15) is 34.8 Å².